The predicted molar refractivity (Wildman–Crippen MR) is 110 cm³/mol. The molecule has 0 saturated carbocycles. The van der Waals surface area contributed by atoms with Crippen molar-refractivity contribution in [2.75, 3.05) is 11.4 Å². The molecule has 166 valence electrons. The molecule has 32 heavy (non-hydrogen) atoms. The number of H-pyrrole nitrogens is 1. The topological polar surface area (TPSA) is 99.9 Å². The van der Waals surface area contributed by atoms with Crippen molar-refractivity contribution >= 4 is 11.5 Å². The van der Waals surface area contributed by atoms with Crippen molar-refractivity contribution < 1.29 is 13.2 Å². The minimum absolute atomic E-state index is 0.0344. The Kier molecular flexibility index (Phi) is 4.81. The van der Waals surface area contributed by atoms with Gasteiger partial charge in [0, 0.05) is 42.8 Å². The van der Waals surface area contributed by atoms with Crippen molar-refractivity contribution in [1.29, 1.82) is 0 Å². The molecule has 4 aromatic rings. The molecule has 0 amide bonds. The second-order valence-corrected chi connectivity index (χ2v) is 7.85. The first-order chi connectivity index (χ1) is 15.3. The molecular weight excluding hydrogens is 423 g/mol. The van der Waals surface area contributed by atoms with Crippen molar-refractivity contribution in [2.45, 2.75) is 38.1 Å². The number of nitrogens with one attached hydrogen (secondary N) is 2. The van der Waals surface area contributed by atoms with Crippen molar-refractivity contribution in [2.24, 2.45) is 0 Å². The van der Waals surface area contributed by atoms with E-state index in [0.717, 1.165) is 18.0 Å². The normalized spacial score (nSPS) is 21.9. The number of nitrogens with zero attached hydrogens (tertiary/aromatic N) is 7. The summed E-state index contributed by atoms with van der Waals surface area (Å²) in [6.07, 6.45) is 4.15. The van der Waals surface area contributed by atoms with Gasteiger partial charge in [-0.15, -0.1) is 0 Å². The lowest BCUT2D eigenvalue weighted by Crippen LogP contribution is -2.56. The van der Waals surface area contributed by atoms with Crippen molar-refractivity contribution in [1.82, 2.24) is 39.9 Å². The van der Waals surface area contributed by atoms with Crippen LogP contribution >= 0.6 is 0 Å². The summed E-state index contributed by atoms with van der Waals surface area (Å²) in [7, 11) is 0. The predicted octanol–water partition coefficient (Wildman–Crippen LogP) is 2.86. The van der Waals surface area contributed by atoms with Gasteiger partial charge in [0.15, 0.2) is 17.2 Å². The number of aromatic nitrogens is 7. The summed E-state index contributed by atoms with van der Waals surface area (Å²) in [4.78, 5) is 18.8. The van der Waals surface area contributed by atoms with E-state index in [1.807, 2.05) is 6.20 Å². The number of imidazole rings is 1. The van der Waals surface area contributed by atoms with Gasteiger partial charge in [-0.3, -0.25) is 9.50 Å². The summed E-state index contributed by atoms with van der Waals surface area (Å²) < 4.78 is 40.8. The van der Waals surface area contributed by atoms with Crippen molar-refractivity contribution in [3.63, 3.8) is 0 Å². The second-order valence-electron chi connectivity index (χ2n) is 7.85. The number of rotatable bonds is 3. The molecule has 9 nitrogen and oxygen atoms in total. The van der Waals surface area contributed by atoms with Crippen molar-refractivity contribution in [3.05, 3.63) is 54.5 Å². The zero-order valence-corrected chi connectivity index (χ0v) is 17.2. The molecule has 2 N–H and O–H groups in total. The van der Waals surface area contributed by atoms with E-state index in [9.17, 15) is 13.2 Å². The molecule has 1 fully saturated rings. The monoisotopic (exact) mass is 443 g/mol. The third-order valence-electron chi connectivity index (χ3n) is 5.64. The third kappa shape index (κ3) is 3.55. The highest BCUT2D eigenvalue weighted by atomic mass is 19.4. The van der Waals surface area contributed by atoms with Crippen LogP contribution in [0.1, 0.15) is 31.1 Å². The zero-order valence-electron chi connectivity index (χ0n) is 17.2. The van der Waals surface area contributed by atoms with Crippen LogP contribution in [0.2, 0.25) is 0 Å². The summed E-state index contributed by atoms with van der Waals surface area (Å²) >= 11 is 0. The lowest BCUT2D eigenvalue weighted by molar-refractivity contribution is -0.141. The van der Waals surface area contributed by atoms with Gasteiger partial charge in [-0.05, 0) is 19.9 Å². The molecule has 0 bridgehead atoms. The third-order valence-corrected chi connectivity index (χ3v) is 5.64. The fourth-order valence-electron chi connectivity index (χ4n) is 4.08. The summed E-state index contributed by atoms with van der Waals surface area (Å²) in [5.41, 5.74) is 0.674. The second kappa shape index (κ2) is 7.55. The Balaban J connectivity index is 1.52. The minimum Gasteiger partial charge on any atom is -0.350 e. The maximum absolute atomic E-state index is 13.1. The van der Waals surface area contributed by atoms with Crippen LogP contribution < -0.4 is 10.2 Å². The van der Waals surface area contributed by atoms with E-state index in [1.54, 1.807) is 18.5 Å². The van der Waals surface area contributed by atoms with Crippen molar-refractivity contribution in [3.8, 4) is 11.5 Å². The highest BCUT2D eigenvalue weighted by molar-refractivity contribution is 5.58. The molecule has 0 spiro atoms. The number of halogens is 3. The van der Waals surface area contributed by atoms with Gasteiger partial charge in [0.2, 0.25) is 0 Å². The molecule has 3 atom stereocenters. The molecule has 4 aromatic heterocycles. The molecule has 0 aliphatic carbocycles. The molecule has 1 aliphatic rings. The highest BCUT2D eigenvalue weighted by Gasteiger charge is 2.34. The number of fused-ring (bicyclic) bond motifs is 1. The molecule has 0 aromatic carbocycles. The van der Waals surface area contributed by atoms with E-state index >= 15 is 0 Å². The number of aromatic amines is 1. The summed E-state index contributed by atoms with van der Waals surface area (Å²) in [6, 6.07) is 2.07. The van der Waals surface area contributed by atoms with Crippen LogP contribution in [0.15, 0.2) is 43.2 Å². The number of alkyl halides is 3. The van der Waals surface area contributed by atoms with E-state index in [0.29, 0.717) is 18.1 Å². The fourth-order valence-corrected chi connectivity index (χ4v) is 4.08. The van der Waals surface area contributed by atoms with Gasteiger partial charge in [-0.1, -0.05) is 0 Å². The largest absolute Gasteiger partial charge is 0.434 e. The SMILES string of the molecule is CC1CN(c2ccnc(-c3cnc4cnc(C(F)(F)F)cn34)n2)C(C)C(c2cn[nH]c2)N1. The number of piperazine rings is 1. The van der Waals surface area contributed by atoms with Gasteiger partial charge in [-0.25, -0.2) is 19.9 Å². The quantitative estimate of drug-likeness (QED) is 0.502. The minimum atomic E-state index is -4.56. The fraction of sp³-hybridized carbons (Fsp3) is 0.350. The molecular formula is C20H20F3N9. The van der Waals surface area contributed by atoms with Gasteiger partial charge in [0.1, 0.15) is 11.5 Å². The van der Waals surface area contributed by atoms with Crippen LogP contribution in [0.4, 0.5) is 19.0 Å². The number of anilines is 1. The van der Waals surface area contributed by atoms with Crippen LogP contribution in [0.3, 0.4) is 0 Å². The first-order valence-electron chi connectivity index (χ1n) is 10.1. The zero-order chi connectivity index (χ0) is 22.5. The van der Waals surface area contributed by atoms with E-state index in [2.05, 4.69) is 54.2 Å². The Morgan fingerprint density at radius 3 is 2.69 bits per heavy atom. The number of hydrogen-bond acceptors (Lipinski definition) is 7. The molecule has 1 saturated heterocycles. The highest BCUT2D eigenvalue weighted by Crippen LogP contribution is 2.31. The molecule has 5 rings (SSSR count). The van der Waals surface area contributed by atoms with Gasteiger partial charge in [-0.2, -0.15) is 18.3 Å². The van der Waals surface area contributed by atoms with E-state index in [-0.39, 0.29) is 29.6 Å². The Bertz CT molecular complexity index is 1230. The molecule has 3 unspecified atom stereocenters. The maximum Gasteiger partial charge on any atom is 0.434 e. The van der Waals surface area contributed by atoms with Crippen LogP contribution in [-0.2, 0) is 6.18 Å². The Labute approximate surface area is 180 Å². The molecule has 1 aliphatic heterocycles. The molecule has 0 radical (unpaired) electrons. The molecule has 12 heteroatoms. The Morgan fingerprint density at radius 2 is 1.94 bits per heavy atom. The molecule has 5 heterocycles. The van der Waals surface area contributed by atoms with Crippen LogP contribution in [0.25, 0.3) is 17.2 Å². The summed E-state index contributed by atoms with van der Waals surface area (Å²) in [6.45, 7) is 4.89. The smallest absolute Gasteiger partial charge is 0.350 e. The summed E-state index contributed by atoms with van der Waals surface area (Å²) in [5.74, 6) is 0.969. The van der Waals surface area contributed by atoms with E-state index in [4.69, 9.17) is 0 Å². The number of hydrogen-bond donors (Lipinski definition) is 2. The summed E-state index contributed by atoms with van der Waals surface area (Å²) in [5, 5.41) is 10.5. The average Bonchev–Trinajstić information content (AvgIpc) is 3.44. The Morgan fingerprint density at radius 1 is 1.09 bits per heavy atom. The first-order valence-corrected chi connectivity index (χ1v) is 10.1. The lowest BCUT2D eigenvalue weighted by atomic mass is 9.97. The maximum atomic E-state index is 13.1. The average molecular weight is 443 g/mol. The standard InChI is InChI=1S/C20H20F3N9/c1-11-9-31(12(2)18(29-11)13-5-27-28-6-13)16-3-4-24-19(30-16)14-7-26-17-8-25-15(10-32(14)17)20(21,22)23/h3-8,10-12,18,29H,9H2,1-2H3,(H,27,28). The van der Waals surface area contributed by atoms with E-state index in [1.165, 1.54) is 10.6 Å². The van der Waals surface area contributed by atoms with Gasteiger partial charge >= 0.3 is 6.18 Å². The first kappa shape index (κ1) is 20.4. The van der Waals surface area contributed by atoms with Crippen LogP contribution in [0, 0.1) is 0 Å². The van der Waals surface area contributed by atoms with Gasteiger partial charge in [0.25, 0.3) is 0 Å². The van der Waals surface area contributed by atoms with Crippen LogP contribution in [-0.4, -0.2) is 53.2 Å². The van der Waals surface area contributed by atoms with Gasteiger partial charge < -0.3 is 10.2 Å². The van der Waals surface area contributed by atoms with Gasteiger partial charge in [0.05, 0.1) is 24.6 Å². The Hall–Kier alpha value is -3.54. The van der Waals surface area contributed by atoms with E-state index < -0.39 is 11.9 Å². The van der Waals surface area contributed by atoms with Crippen LogP contribution in [0.5, 0.6) is 0 Å². The lowest BCUT2D eigenvalue weighted by Gasteiger charge is -2.43.